The molecule has 104 heavy (non-hydrogen) atoms. The van der Waals surface area contributed by atoms with Crippen LogP contribution in [-0.2, 0) is 61.8 Å². The second-order valence-electron chi connectivity index (χ2n) is 35.9. The Labute approximate surface area is 615 Å². The van der Waals surface area contributed by atoms with Gasteiger partial charge < -0.3 is 63.3 Å². The number of aliphatic hydroxyl groups excluding tert-OH is 1. The number of aliphatic hydroxyl groups is 3. The third-order valence-electron chi connectivity index (χ3n) is 27.0. The van der Waals surface area contributed by atoms with Crippen molar-refractivity contribution in [3.8, 4) is 0 Å². The number of carbonyl (C=O) groups excluding carboxylic acids is 6. The molecule has 0 radical (unpaired) electrons. The summed E-state index contributed by atoms with van der Waals surface area (Å²) in [4.78, 5) is 87.2. The van der Waals surface area contributed by atoms with Gasteiger partial charge in [-0.3, -0.25) is 14.5 Å². The topological polar surface area (TPSA) is 261 Å². The van der Waals surface area contributed by atoms with Crippen LogP contribution in [0.2, 0.25) is 0 Å². The van der Waals surface area contributed by atoms with Crippen LogP contribution in [0.5, 0.6) is 0 Å². The number of Topliss-reactive ketones (excluding diaryl/α,β-unsaturated/α-hetero) is 2. The second kappa shape index (κ2) is 27.4. The van der Waals surface area contributed by atoms with E-state index in [0.717, 1.165) is 22.3 Å². The Morgan fingerprint density at radius 2 is 1.03 bits per heavy atom. The number of ether oxygens (including phenoxy) is 9. The predicted octanol–water partition coefficient (Wildman–Crippen LogP) is 13.4. The molecule has 3 aliphatic heterocycles. The quantitative estimate of drug-likeness (QED) is 0.0790. The van der Waals surface area contributed by atoms with Gasteiger partial charge in [-0.15, -0.1) is 0 Å². The van der Waals surface area contributed by atoms with E-state index in [-0.39, 0.29) is 71.5 Å². The van der Waals surface area contributed by atoms with Crippen LogP contribution in [0.15, 0.2) is 107 Å². The molecule has 7 fully saturated rings. The minimum Gasteiger partial charge on any atom is -0.456 e. The SMILES string of the molecule is CO[C@H]1C[C@H]2OC[C@@]2(C)C2[C@H](C)[C@]3(O)C[C@H](OC(=O)[C@@H]4OC(c5ccc(C)cc5)N(C(=O)OC(C)(C)C)[C@H]4c4ccccc4)C(C)=C([C@@H](C)C(=O)[C@@]21C)C3(C)C.CO[C@H]1C[C@H]2OC[C@@]2(C)C2[C@H](C)[C@]3(O)C[C@H](OC(=O)[C@H](O)[C@@H](NC(=O)OC(C)(C)C)c4ccccc4)C(C)=C([C@@H](C)C(=O)[C@@]21C)C3(C)C. The summed E-state index contributed by atoms with van der Waals surface area (Å²) in [6.07, 6.45) is -6.78. The number of hydrogen-bond acceptors (Lipinski definition) is 18. The van der Waals surface area contributed by atoms with Crippen molar-refractivity contribution in [2.45, 2.75) is 261 Å². The average molecular weight is 1440 g/mol. The van der Waals surface area contributed by atoms with E-state index in [1.807, 2.05) is 138 Å². The Morgan fingerprint density at radius 3 is 1.44 bits per heavy atom. The van der Waals surface area contributed by atoms with Crippen LogP contribution in [0.25, 0.3) is 0 Å². The monoisotopic (exact) mass is 1440 g/mol. The predicted molar refractivity (Wildman–Crippen MR) is 389 cm³/mol. The third kappa shape index (κ3) is 12.5. The molecule has 3 unspecified atom stereocenters. The number of carbonyl (C=O) groups is 6. The largest absolute Gasteiger partial charge is 0.456 e. The summed E-state index contributed by atoms with van der Waals surface area (Å²) in [6, 6.07) is 23.6. The van der Waals surface area contributed by atoms with Gasteiger partial charge in [0.2, 0.25) is 0 Å². The molecule has 23 atom stereocenters. The lowest BCUT2D eigenvalue weighted by atomic mass is 9.40. The molecule has 20 nitrogen and oxygen atoms in total. The van der Waals surface area contributed by atoms with E-state index in [1.165, 1.54) is 4.90 Å². The van der Waals surface area contributed by atoms with E-state index in [1.54, 1.807) is 86.1 Å². The maximum absolute atomic E-state index is 15.1. The van der Waals surface area contributed by atoms with Crippen LogP contribution in [0.1, 0.15) is 205 Å². The van der Waals surface area contributed by atoms with Gasteiger partial charge in [0.15, 0.2) is 18.4 Å². The lowest BCUT2D eigenvalue weighted by Crippen LogP contribution is -2.74. The van der Waals surface area contributed by atoms with E-state index in [9.17, 15) is 39.3 Å². The molecule has 3 aromatic rings. The number of fused-ring (bicyclic) bond motifs is 10. The standard InChI is InChI=1S/C46H61NO9.C38H55NO9/c1-25-18-20-30(21-19-25)39-47(41(50)56-42(5,6)7)35(29-16-14-13-15-17-29)36(55-39)40(49)54-31-23-46(51)28(4)37-44(10)24-53-32(44)22-33(52-12)45(37,11)38(48)27(3)34(26(31)2)43(46,8)9;1-20-24(47-32(42)29(40)28(23-15-13-12-14-16-23)39-33(43)48-34(4,5)6)18-38(44)22(3)30-36(9)19-46-25(36)17-26(45-11)37(30,10)31(41)21(2)27(20)35(38,7)8/h13-21,27-28,31-33,35-37,39,51H,22-24H2,1-12H3;12-16,21-22,24-26,28-30,40,44H,17-19H2,1-11H3,(H,39,43)/t27-,28+,31+,32-,33+,35+,36-,37?,39?,44-,45-,46-;21-,22+,24+,25-,26+,28+,29-,30?,36-,37-,38-/m11/s1. The summed E-state index contributed by atoms with van der Waals surface area (Å²) in [5.74, 6) is -4.12. The number of esters is 2. The first-order chi connectivity index (χ1) is 48.3. The van der Waals surface area contributed by atoms with Gasteiger partial charge in [-0.2, -0.15) is 0 Å². The number of alkyl carbamates (subject to hydrolysis) is 1. The molecule has 0 spiro atoms. The molecule has 9 aliphatic rings. The van der Waals surface area contributed by atoms with Crippen LogP contribution in [0.4, 0.5) is 9.59 Å². The number of benzene rings is 3. The van der Waals surface area contributed by atoms with Crippen LogP contribution in [0.3, 0.4) is 0 Å². The Hall–Kier alpha value is -6.36. The molecule has 2 amide bonds. The number of nitrogens with zero attached hydrogens (tertiary/aromatic N) is 1. The molecule has 3 saturated heterocycles. The zero-order valence-corrected chi connectivity index (χ0v) is 65.6. The molecule has 12 rings (SSSR count). The van der Waals surface area contributed by atoms with Gasteiger partial charge in [0.1, 0.15) is 41.0 Å². The zero-order chi connectivity index (χ0) is 76.7. The minimum atomic E-state index is -1.79. The van der Waals surface area contributed by atoms with Crippen LogP contribution >= 0.6 is 0 Å². The number of hydrogen-bond donors (Lipinski definition) is 4. The smallest absolute Gasteiger partial charge is 0.413 e. The number of methoxy groups -OCH3 is 2. The van der Waals surface area contributed by atoms with Crippen LogP contribution in [-0.4, -0.2) is 155 Å². The summed E-state index contributed by atoms with van der Waals surface area (Å²) >= 11 is 0. The minimum absolute atomic E-state index is 0.0416. The molecule has 4 bridgehead atoms. The highest BCUT2D eigenvalue weighted by Crippen LogP contribution is 2.70. The molecule has 3 heterocycles. The highest BCUT2D eigenvalue weighted by molar-refractivity contribution is 5.92. The Bertz CT molecular complexity index is 3860. The molecule has 570 valence electrons. The molecule has 4 saturated carbocycles. The zero-order valence-electron chi connectivity index (χ0n) is 65.6. The van der Waals surface area contributed by atoms with Gasteiger partial charge in [-0.1, -0.05) is 160 Å². The van der Waals surface area contributed by atoms with E-state index in [4.69, 9.17) is 42.6 Å². The normalized spacial score (nSPS) is 38.9. The van der Waals surface area contributed by atoms with Crippen molar-refractivity contribution in [2.75, 3.05) is 27.4 Å². The van der Waals surface area contributed by atoms with E-state index >= 15 is 4.79 Å². The lowest BCUT2D eigenvalue weighted by molar-refractivity contribution is -0.304. The van der Waals surface area contributed by atoms with Crippen molar-refractivity contribution in [1.82, 2.24) is 10.2 Å². The summed E-state index contributed by atoms with van der Waals surface area (Å²) < 4.78 is 55.0. The third-order valence-corrected chi connectivity index (χ3v) is 27.0. The highest BCUT2D eigenvalue weighted by Gasteiger charge is 2.75. The van der Waals surface area contributed by atoms with Gasteiger partial charge >= 0.3 is 24.1 Å². The maximum Gasteiger partial charge on any atom is 0.413 e. The Balaban J connectivity index is 0.000000211. The van der Waals surface area contributed by atoms with Crippen molar-refractivity contribution in [1.29, 1.82) is 0 Å². The lowest BCUT2D eigenvalue weighted by Gasteiger charge is -2.69. The van der Waals surface area contributed by atoms with E-state index < -0.39 is 135 Å². The number of aryl methyl sites for hydroxylation is 1. The van der Waals surface area contributed by atoms with Crippen LogP contribution in [0, 0.1) is 74.9 Å². The number of nitrogens with one attached hydrogen (secondary N) is 1. The van der Waals surface area contributed by atoms with Crippen LogP contribution < -0.4 is 5.32 Å². The summed E-state index contributed by atoms with van der Waals surface area (Å²) in [5, 5.41) is 40.5. The van der Waals surface area contributed by atoms with Gasteiger partial charge in [0.25, 0.3) is 0 Å². The van der Waals surface area contributed by atoms with Crippen molar-refractivity contribution < 1.29 is 86.7 Å². The van der Waals surface area contributed by atoms with E-state index in [0.29, 0.717) is 48.3 Å². The maximum atomic E-state index is 15.1. The van der Waals surface area contributed by atoms with Gasteiger partial charge in [0.05, 0.1) is 65.7 Å². The molecule has 6 aliphatic carbocycles. The summed E-state index contributed by atoms with van der Waals surface area (Å²) in [6.45, 7) is 41.5. The highest BCUT2D eigenvalue weighted by atomic mass is 16.6. The summed E-state index contributed by atoms with van der Waals surface area (Å²) in [7, 11) is 3.30. The van der Waals surface area contributed by atoms with Gasteiger partial charge in [-0.05, 0) is 133 Å². The average Bonchev–Trinajstić information content (AvgIpc) is 0.753. The number of ketones is 2. The Morgan fingerprint density at radius 1 is 0.596 bits per heavy atom. The van der Waals surface area contributed by atoms with Crippen molar-refractivity contribution in [2.24, 2.45) is 68.0 Å². The molecule has 3 aromatic carbocycles. The van der Waals surface area contributed by atoms with Gasteiger partial charge in [0, 0.05) is 79.0 Å². The molecule has 4 N–H and O–H groups in total. The van der Waals surface area contributed by atoms with Gasteiger partial charge in [-0.25, -0.2) is 19.2 Å². The fourth-order valence-electron chi connectivity index (χ4n) is 22.0. The fourth-order valence-corrected chi connectivity index (χ4v) is 22.0. The first-order valence-corrected chi connectivity index (χ1v) is 37.4. The first kappa shape index (κ1) is 78.7. The molecular formula is C84H116N2O18. The molecular weight excluding hydrogens is 1320 g/mol. The van der Waals surface area contributed by atoms with Crippen molar-refractivity contribution in [3.63, 3.8) is 0 Å². The number of amides is 2. The number of rotatable bonds is 11. The Kier molecular flexibility index (Phi) is 20.7. The van der Waals surface area contributed by atoms with E-state index in [2.05, 4.69) is 26.1 Å². The van der Waals surface area contributed by atoms with Crippen molar-refractivity contribution in [3.05, 3.63) is 129 Å². The molecule has 0 aromatic heterocycles. The van der Waals surface area contributed by atoms with Crippen molar-refractivity contribution >= 4 is 35.7 Å². The second-order valence-corrected chi connectivity index (χ2v) is 35.9. The first-order valence-electron chi connectivity index (χ1n) is 37.4. The molecule has 20 heteroatoms. The fraction of sp³-hybridized carbons (Fsp3) is 0.667. The summed E-state index contributed by atoms with van der Waals surface area (Å²) in [5.41, 5.74) is -2.79.